The van der Waals surface area contributed by atoms with E-state index in [4.69, 9.17) is 16.0 Å². The second-order valence-corrected chi connectivity index (χ2v) is 8.07. The highest BCUT2D eigenvalue weighted by atomic mass is 35.5. The Hall–Kier alpha value is -3.20. The van der Waals surface area contributed by atoms with E-state index in [1.165, 1.54) is 27.5 Å². The Morgan fingerprint density at radius 2 is 1.94 bits per heavy atom. The summed E-state index contributed by atoms with van der Waals surface area (Å²) in [7, 11) is 1.73. The quantitative estimate of drug-likeness (QED) is 0.465. The first-order valence-corrected chi connectivity index (χ1v) is 11.1. The van der Waals surface area contributed by atoms with Gasteiger partial charge in [-0.1, -0.05) is 37.6 Å². The van der Waals surface area contributed by atoms with E-state index in [-0.39, 0.29) is 24.0 Å². The van der Waals surface area contributed by atoms with Crippen LogP contribution in [0.3, 0.4) is 0 Å². The summed E-state index contributed by atoms with van der Waals surface area (Å²) in [5.41, 5.74) is 1.67. The maximum absolute atomic E-state index is 12.7. The van der Waals surface area contributed by atoms with E-state index in [0.29, 0.717) is 22.1 Å². The average molecular weight is 457 g/mol. The third-order valence-electron chi connectivity index (χ3n) is 5.69. The van der Waals surface area contributed by atoms with Crippen molar-refractivity contribution >= 4 is 22.8 Å². The Bertz CT molecular complexity index is 1350. The van der Waals surface area contributed by atoms with E-state index < -0.39 is 5.76 Å². The number of fused-ring (bicyclic) bond motifs is 1. The Morgan fingerprint density at radius 3 is 2.72 bits per heavy atom. The van der Waals surface area contributed by atoms with Crippen LogP contribution >= 0.6 is 11.6 Å². The van der Waals surface area contributed by atoms with Crippen LogP contribution in [0, 0.1) is 0 Å². The van der Waals surface area contributed by atoms with Crippen LogP contribution in [0.2, 0.25) is 5.02 Å². The van der Waals surface area contributed by atoms with Crippen molar-refractivity contribution in [3.05, 3.63) is 74.3 Å². The topological polar surface area (TPSA) is 101 Å². The van der Waals surface area contributed by atoms with Crippen molar-refractivity contribution < 1.29 is 4.42 Å². The predicted octanol–water partition coefficient (Wildman–Crippen LogP) is 3.52. The molecule has 4 aromatic rings. The number of nitrogens with zero attached hydrogens (tertiary/aromatic N) is 6. The van der Waals surface area contributed by atoms with Crippen molar-refractivity contribution in [3.8, 4) is 0 Å². The molecule has 1 aliphatic carbocycles. The summed E-state index contributed by atoms with van der Waals surface area (Å²) < 4.78 is 9.72. The summed E-state index contributed by atoms with van der Waals surface area (Å²) in [6.45, 7) is 4.03. The first-order valence-electron chi connectivity index (χ1n) is 10.7. The zero-order valence-electron chi connectivity index (χ0n) is 18.2. The standard InChI is InChI=1S/C20H19ClN6O3.C2H6/c1-25-10-22-18-17(25)19(28)26(11-23-18)9-16-24-27(20(29)30-16)15-6-5-13(8-15)12-3-2-4-14(21)7-12;1-2/h2-4,7,10-11,13,15H,5-6,8-9H2,1H3;1-2H3/t13-,15-;/m1./s1. The molecule has 3 aromatic heterocycles. The van der Waals surface area contributed by atoms with Crippen molar-refractivity contribution in [1.29, 1.82) is 0 Å². The lowest BCUT2D eigenvalue weighted by Gasteiger charge is -2.11. The first-order chi connectivity index (χ1) is 15.5. The Kier molecular flexibility index (Phi) is 6.27. The van der Waals surface area contributed by atoms with Crippen LogP contribution in [0.1, 0.15) is 56.5 Å². The van der Waals surface area contributed by atoms with Gasteiger partial charge in [0.15, 0.2) is 11.2 Å². The van der Waals surface area contributed by atoms with Crippen LogP contribution in [-0.4, -0.2) is 28.9 Å². The van der Waals surface area contributed by atoms with Gasteiger partial charge in [0.25, 0.3) is 5.56 Å². The normalized spacial score (nSPS) is 18.0. The summed E-state index contributed by atoms with van der Waals surface area (Å²) in [4.78, 5) is 33.4. The average Bonchev–Trinajstić information content (AvgIpc) is 3.51. The minimum atomic E-state index is -0.510. The van der Waals surface area contributed by atoms with E-state index in [2.05, 4.69) is 21.1 Å². The maximum Gasteiger partial charge on any atom is 0.437 e. The molecule has 0 spiro atoms. The molecule has 0 unspecified atom stereocenters. The molecule has 1 saturated carbocycles. The third kappa shape index (κ3) is 4.12. The number of benzene rings is 1. The van der Waals surface area contributed by atoms with Crippen LogP contribution in [0.5, 0.6) is 0 Å². The SMILES string of the molecule is CC.Cn1cnc2ncn(Cc3nn([C@@H]4CC[C@@H](c5cccc(Cl)c5)C4)c(=O)o3)c(=O)c21. The lowest BCUT2D eigenvalue weighted by molar-refractivity contribution is 0.401. The first kappa shape index (κ1) is 22.0. The lowest BCUT2D eigenvalue weighted by Crippen LogP contribution is -2.23. The molecule has 0 radical (unpaired) electrons. The van der Waals surface area contributed by atoms with Crippen molar-refractivity contribution in [2.75, 3.05) is 0 Å². The molecule has 9 nitrogen and oxygen atoms in total. The molecule has 1 aliphatic rings. The van der Waals surface area contributed by atoms with Crippen molar-refractivity contribution in [3.63, 3.8) is 0 Å². The van der Waals surface area contributed by atoms with Crippen molar-refractivity contribution in [2.24, 2.45) is 7.05 Å². The van der Waals surface area contributed by atoms with Crippen LogP contribution in [0.4, 0.5) is 0 Å². The summed E-state index contributed by atoms with van der Waals surface area (Å²) >= 11 is 6.11. The van der Waals surface area contributed by atoms with Gasteiger partial charge in [-0.3, -0.25) is 9.36 Å². The van der Waals surface area contributed by atoms with Crippen LogP contribution in [-0.2, 0) is 13.6 Å². The summed E-state index contributed by atoms with van der Waals surface area (Å²) in [6, 6.07) is 7.78. The molecule has 0 aliphatic heterocycles. The van der Waals surface area contributed by atoms with Gasteiger partial charge in [0, 0.05) is 12.1 Å². The van der Waals surface area contributed by atoms with Gasteiger partial charge in [0.2, 0.25) is 5.89 Å². The van der Waals surface area contributed by atoms with Gasteiger partial charge in [-0.2, -0.15) is 4.68 Å². The number of hydrogen-bond acceptors (Lipinski definition) is 6. The fourth-order valence-corrected chi connectivity index (χ4v) is 4.40. The molecule has 32 heavy (non-hydrogen) atoms. The molecule has 3 heterocycles. The molecule has 2 atom stereocenters. The molecular formula is C22H25ClN6O3. The second kappa shape index (κ2) is 9.12. The Morgan fingerprint density at radius 1 is 1.16 bits per heavy atom. The van der Waals surface area contributed by atoms with Crippen molar-refractivity contribution in [1.82, 2.24) is 28.9 Å². The highest BCUT2D eigenvalue weighted by Crippen LogP contribution is 2.40. The van der Waals surface area contributed by atoms with E-state index in [1.54, 1.807) is 11.6 Å². The van der Waals surface area contributed by atoms with E-state index in [0.717, 1.165) is 19.3 Å². The molecule has 1 aromatic carbocycles. The fraction of sp³-hybridized carbons (Fsp3) is 0.409. The number of imidazole rings is 1. The minimum Gasteiger partial charge on any atom is -0.390 e. The molecule has 168 valence electrons. The van der Waals surface area contributed by atoms with Gasteiger partial charge >= 0.3 is 5.76 Å². The molecule has 0 saturated heterocycles. The van der Waals surface area contributed by atoms with Crippen molar-refractivity contribution in [2.45, 2.75) is 51.6 Å². The number of halogens is 1. The highest BCUT2D eigenvalue weighted by Gasteiger charge is 2.30. The molecule has 0 N–H and O–H groups in total. The Labute approximate surface area is 189 Å². The van der Waals surface area contributed by atoms with E-state index in [1.807, 2.05) is 32.0 Å². The summed E-state index contributed by atoms with van der Waals surface area (Å²) in [5, 5.41) is 5.08. The van der Waals surface area contributed by atoms with Crippen LogP contribution in [0.15, 0.2) is 50.9 Å². The lowest BCUT2D eigenvalue weighted by atomic mass is 9.98. The van der Waals surface area contributed by atoms with E-state index >= 15 is 0 Å². The van der Waals surface area contributed by atoms with Gasteiger partial charge in [-0.05, 0) is 42.9 Å². The summed E-state index contributed by atoms with van der Waals surface area (Å²) in [6.07, 6.45) is 5.48. The maximum atomic E-state index is 12.7. The molecular weight excluding hydrogens is 432 g/mol. The highest BCUT2D eigenvalue weighted by molar-refractivity contribution is 6.30. The monoisotopic (exact) mass is 456 g/mol. The van der Waals surface area contributed by atoms with Gasteiger partial charge in [-0.25, -0.2) is 14.8 Å². The van der Waals surface area contributed by atoms with Gasteiger partial charge in [-0.15, -0.1) is 5.10 Å². The molecule has 5 rings (SSSR count). The number of hydrogen-bond donors (Lipinski definition) is 0. The number of rotatable bonds is 4. The van der Waals surface area contributed by atoms with Gasteiger partial charge in [0.1, 0.15) is 12.9 Å². The Balaban J connectivity index is 0.00000119. The molecule has 10 heteroatoms. The number of aryl methyl sites for hydroxylation is 1. The molecule has 0 amide bonds. The van der Waals surface area contributed by atoms with Crippen LogP contribution in [0.25, 0.3) is 11.2 Å². The van der Waals surface area contributed by atoms with Gasteiger partial charge < -0.3 is 8.98 Å². The third-order valence-corrected chi connectivity index (χ3v) is 5.92. The fourth-order valence-electron chi connectivity index (χ4n) is 4.20. The van der Waals surface area contributed by atoms with Crippen LogP contribution < -0.4 is 11.3 Å². The smallest absolute Gasteiger partial charge is 0.390 e. The number of aromatic nitrogens is 6. The predicted molar refractivity (Wildman–Crippen MR) is 121 cm³/mol. The second-order valence-electron chi connectivity index (χ2n) is 7.63. The molecule has 0 bridgehead atoms. The summed E-state index contributed by atoms with van der Waals surface area (Å²) in [5.74, 6) is -0.0131. The van der Waals surface area contributed by atoms with E-state index in [9.17, 15) is 9.59 Å². The largest absolute Gasteiger partial charge is 0.437 e. The zero-order chi connectivity index (χ0) is 22.8. The van der Waals surface area contributed by atoms with Gasteiger partial charge in [0.05, 0.1) is 12.4 Å². The minimum absolute atomic E-state index is 0.0274. The zero-order valence-corrected chi connectivity index (χ0v) is 19.0. The molecule has 1 fully saturated rings.